The zero-order chi connectivity index (χ0) is 15.4. The van der Waals surface area contributed by atoms with Crippen molar-refractivity contribution >= 4 is 40.7 Å². The number of carbonyl (C=O) groups is 2. The third-order valence-electron chi connectivity index (χ3n) is 3.53. The fourth-order valence-electron chi connectivity index (χ4n) is 2.32. The molecule has 0 spiro atoms. The third kappa shape index (κ3) is 4.33. The van der Waals surface area contributed by atoms with Gasteiger partial charge in [0.25, 0.3) is 0 Å². The number of hydrogen-bond donors (Lipinski definition) is 3. The highest BCUT2D eigenvalue weighted by molar-refractivity contribution is 6.42. The molecule has 3 N–H and O–H groups in total. The van der Waals surface area contributed by atoms with Crippen molar-refractivity contribution in [3.8, 4) is 0 Å². The first-order valence-electron chi connectivity index (χ1n) is 6.69. The number of nitrogens with one attached hydrogen (secondary N) is 2. The summed E-state index contributed by atoms with van der Waals surface area (Å²) in [4.78, 5) is 23.4. The Kier molecular flexibility index (Phi) is 5.45. The van der Waals surface area contributed by atoms with Crippen LogP contribution in [0.1, 0.15) is 19.3 Å². The van der Waals surface area contributed by atoms with Gasteiger partial charge in [0.2, 0.25) is 0 Å². The molecular formula is C14H16Cl2N2O3. The maximum absolute atomic E-state index is 11.7. The van der Waals surface area contributed by atoms with Crippen molar-refractivity contribution in [1.82, 2.24) is 5.32 Å². The fourth-order valence-corrected chi connectivity index (χ4v) is 2.62. The predicted molar refractivity (Wildman–Crippen MR) is 81.4 cm³/mol. The molecule has 0 bridgehead atoms. The highest BCUT2D eigenvalue weighted by Crippen LogP contribution is 2.25. The molecule has 1 aromatic carbocycles. The highest BCUT2D eigenvalue weighted by atomic mass is 35.5. The Hall–Kier alpha value is -1.30. The molecule has 1 aromatic rings. The summed E-state index contributed by atoms with van der Waals surface area (Å²) in [7, 11) is 0. The molecule has 1 aliphatic rings. The van der Waals surface area contributed by atoms with Gasteiger partial charge in [-0.2, -0.15) is 0 Å². The topological polar surface area (TPSA) is 78.4 Å². The van der Waals surface area contributed by atoms with Gasteiger partial charge < -0.3 is 15.7 Å². The summed E-state index contributed by atoms with van der Waals surface area (Å²) in [6.07, 6.45) is 2.15. The molecule has 0 saturated heterocycles. The maximum atomic E-state index is 11.7. The maximum Gasteiger partial charge on any atom is 0.313 e. The summed E-state index contributed by atoms with van der Waals surface area (Å²) in [6, 6.07) is 4.56. The Morgan fingerprint density at radius 3 is 2.57 bits per heavy atom. The van der Waals surface area contributed by atoms with Crippen LogP contribution in [0.15, 0.2) is 18.2 Å². The van der Waals surface area contributed by atoms with E-state index in [-0.39, 0.29) is 5.92 Å². The van der Waals surface area contributed by atoms with Gasteiger partial charge in [0.1, 0.15) is 0 Å². The van der Waals surface area contributed by atoms with Crippen LogP contribution in [-0.4, -0.2) is 29.6 Å². The molecule has 0 heterocycles. The monoisotopic (exact) mass is 330 g/mol. The van der Waals surface area contributed by atoms with E-state index in [0.717, 1.165) is 19.3 Å². The second kappa shape index (κ2) is 7.11. The largest absolute Gasteiger partial charge is 0.393 e. The molecule has 2 atom stereocenters. The second-order valence-corrected chi connectivity index (χ2v) is 5.87. The number of aliphatic hydroxyl groups excluding tert-OH is 1. The van der Waals surface area contributed by atoms with Crippen LogP contribution in [0.4, 0.5) is 5.69 Å². The average molecular weight is 331 g/mol. The molecule has 0 aliphatic heterocycles. The number of halogens is 2. The van der Waals surface area contributed by atoms with Gasteiger partial charge >= 0.3 is 11.8 Å². The van der Waals surface area contributed by atoms with E-state index in [9.17, 15) is 14.7 Å². The summed E-state index contributed by atoms with van der Waals surface area (Å²) in [5, 5.41) is 15.3. The van der Waals surface area contributed by atoms with Crippen LogP contribution < -0.4 is 10.6 Å². The molecule has 0 aromatic heterocycles. The Bertz CT molecular complexity index is 551. The zero-order valence-corrected chi connectivity index (χ0v) is 12.7. The second-order valence-electron chi connectivity index (χ2n) is 5.05. The molecule has 2 unspecified atom stereocenters. The first-order valence-corrected chi connectivity index (χ1v) is 7.45. The number of hydrogen-bond acceptors (Lipinski definition) is 3. The lowest BCUT2D eigenvalue weighted by Gasteiger charge is -2.14. The summed E-state index contributed by atoms with van der Waals surface area (Å²) in [5.74, 6) is -1.49. The Morgan fingerprint density at radius 2 is 1.95 bits per heavy atom. The van der Waals surface area contributed by atoms with Crippen molar-refractivity contribution in [1.29, 1.82) is 0 Å². The summed E-state index contributed by atoms with van der Waals surface area (Å²) >= 11 is 11.6. The minimum atomic E-state index is -0.777. The van der Waals surface area contributed by atoms with Crippen LogP contribution >= 0.6 is 23.2 Å². The molecule has 114 valence electrons. The standard InChI is InChI=1S/C14H16Cl2N2O3/c15-10-5-4-9(6-11(10)16)18-14(21)13(20)17-7-8-2-1-3-12(8)19/h4-6,8,12,19H,1-3,7H2,(H,17,20)(H,18,21). The molecule has 5 nitrogen and oxygen atoms in total. The van der Waals surface area contributed by atoms with E-state index in [1.54, 1.807) is 6.07 Å². The van der Waals surface area contributed by atoms with Crippen molar-refractivity contribution in [3.05, 3.63) is 28.2 Å². The predicted octanol–water partition coefficient (Wildman–Crippen LogP) is 2.21. The highest BCUT2D eigenvalue weighted by Gasteiger charge is 2.26. The van der Waals surface area contributed by atoms with E-state index in [1.165, 1.54) is 12.1 Å². The van der Waals surface area contributed by atoms with Crippen molar-refractivity contribution in [2.45, 2.75) is 25.4 Å². The molecule has 1 saturated carbocycles. The van der Waals surface area contributed by atoms with Crippen molar-refractivity contribution in [2.75, 3.05) is 11.9 Å². The van der Waals surface area contributed by atoms with Gasteiger partial charge in [0.15, 0.2) is 0 Å². The van der Waals surface area contributed by atoms with Crippen molar-refractivity contribution in [3.63, 3.8) is 0 Å². The minimum Gasteiger partial charge on any atom is -0.393 e. The Labute approximate surface area is 132 Å². The minimum absolute atomic E-state index is 0.0201. The van der Waals surface area contributed by atoms with E-state index in [0.29, 0.717) is 22.3 Å². The number of carbonyl (C=O) groups excluding carboxylic acids is 2. The number of amides is 2. The van der Waals surface area contributed by atoms with E-state index in [1.807, 2.05) is 0 Å². The number of anilines is 1. The van der Waals surface area contributed by atoms with Crippen molar-refractivity contribution in [2.24, 2.45) is 5.92 Å². The molecule has 1 aliphatic carbocycles. The van der Waals surface area contributed by atoms with E-state index in [2.05, 4.69) is 10.6 Å². The van der Waals surface area contributed by atoms with Crippen LogP contribution in [0.25, 0.3) is 0 Å². The lowest BCUT2D eigenvalue weighted by Crippen LogP contribution is -2.39. The van der Waals surface area contributed by atoms with E-state index >= 15 is 0 Å². The number of aliphatic hydroxyl groups is 1. The first-order chi connectivity index (χ1) is 9.97. The van der Waals surface area contributed by atoms with Crippen LogP contribution in [0.2, 0.25) is 10.0 Å². The molecule has 0 radical (unpaired) electrons. The van der Waals surface area contributed by atoms with Gasteiger partial charge in [-0.3, -0.25) is 9.59 Å². The average Bonchev–Trinajstić information content (AvgIpc) is 2.85. The molecule has 2 rings (SSSR count). The Balaban J connectivity index is 1.84. The smallest absolute Gasteiger partial charge is 0.313 e. The quantitative estimate of drug-likeness (QED) is 0.743. The molecule has 7 heteroatoms. The lowest BCUT2D eigenvalue weighted by molar-refractivity contribution is -0.136. The molecule has 2 amide bonds. The summed E-state index contributed by atoms with van der Waals surface area (Å²) < 4.78 is 0. The van der Waals surface area contributed by atoms with E-state index < -0.39 is 17.9 Å². The fraction of sp³-hybridized carbons (Fsp3) is 0.429. The van der Waals surface area contributed by atoms with Crippen LogP contribution in [0, 0.1) is 5.92 Å². The van der Waals surface area contributed by atoms with Crippen LogP contribution in [0.3, 0.4) is 0 Å². The van der Waals surface area contributed by atoms with Crippen LogP contribution in [-0.2, 0) is 9.59 Å². The summed E-state index contributed by atoms with van der Waals surface area (Å²) in [5.41, 5.74) is 0.394. The third-order valence-corrected chi connectivity index (χ3v) is 4.27. The first kappa shape index (κ1) is 16.1. The molecule has 1 fully saturated rings. The van der Waals surface area contributed by atoms with Gasteiger partial charge in [0, 0.05) is 18.2 Å². The van der Waals surface area contributed by atoms with Gasteiger partial charge in [0.05, 0.1) is 16.1 Å². The van der Waals surface area contributed by atoms with Gasteiger partial charge in [-0.25, -0.2) is 0 Å². The van der Waals surface area contributed by atoms with Gasteiger partial charge in [-0.1, -0.05) is 29.6 Å². The van der Waals surface area contributed by atoms with Crippen LogP contribution in [0.5, 0.6) is 0 Å². The lowest BCUT2D eigenvalue weighted by atomic mass is 10.1. The normalized spacial score (nSPS) is 21.1. The SMILES string of the molecule is O=C(NCC1CCCC1O)C(=O)Nc1ccc(Cl)c(Cl)c1. The zero-order valence-electron chi connectivity index (χ0n) is 11.2. The van der Waals surface area contributed by atoms with Gasteiger partial charge in [-0.15, -0.1) is 0 Å². The van der Waals surface area contributed by atoms with Crippen molar-refractivity contribution < 1.29 is 14.7 Å². The Morgan fingerprint density at radius 1 is 1.19 bits per heavy atom. The van der Waals surface area contributed by atoms with E-state index in [4.69, 9.17) is 23.2 Å². The summed E-state index contributed by atoms with van der Waals surface area (Å²) in [6.45, 7) is 0.300. The molecular weight excluding hydrogens is 315 g/mol. The number of benzene rings is 1. The number of rotatable bonds is 3. The molecule has 21 heavy (non-hydrogen) atoms. The van der Waals surface area contributed by atoms with Gasteiger partial charge in [-0.05, 0) is 31.0 Å².